The molecule has 0 aromatic heterocycles. The van der Waals surface area contributed by atoms with Gasteiger partial charge in [-0.05, 0) is 47.9 Å². The van der Waals surface area contributed by atoms with Crippen LogP contribution in [-0.2, 0) is 78.4 Å². The zero-order valence-electron chi connectivity index (χ0n) is 43.1. The van der Waals surface area contributed by atoms with Crippen LogP contribution < -0.4 is 58.9 Å². The van der Waals surface area contributed by atoms with Gasteiger partial charge in [0.1, 0.15) is 36.3 Å². The van der Waals surface area contributed by atoms with Gasteiger partial charge in [0.2, 0.25) is 59.1 Å². The van der Waals surface area contributed by atoms with E-state index in [1.807, 2.05) is 0 Å². The summed E-state index contributed by atoms with van der Waals surface area (Å²) in [6.07, 6.45) is -0.245. The highest BCUT2D eigenvalue weighted by molar-refractivity contribution is 5.98. The predicted molar refractivity (Wildman–Crippen MR) is 283 cm³/mol. The molecule has 0 unspecified atom stereocenters. The molecule has 0 spiro atoms. The maximum absolute atomic E-state index is 14.2. The Kier molecular flexibility index (Phi) is 24.4. The number of unbranched alkanes of at least 4 members (excludes halogenated alkanes) is 1. The highest BCUT2D eigenvalue weighted by Gasteiger charge is 2.33. The van der Waals surface area contributed by atoms with Gasteiger partial charge >= 0.3 is 5.97 Å². The van der Waals surface area contributed by atoms with Gasteiger partial charge in [-0.1, -0.05) is 121 Å². The van der Waals surface area contributed by atoms with Crippen LogP contribution >= 0.6 is 0 Å². The first-order valence-electron chi connectivity index (χ1n) is 25.6. The van der Waals surface area contributed by atoms with E-state index >= 15 is 0 Å². The van der Waals surface area contributed by atoms with E-state index in [0.29, 0.717) is 41.6 Å². The first-order chi connectivity index (χ1) is 37.6. The molecule has 0 aliphatic carbocycles. The van der Waals surface area contributed by atoms with Crippen molar-refractivity contribution in [3.63, 3.8) is 0 Å². The van der Waals surface area contributed by atoms with Gasteiger partial charge in [0.05, 0.1) is 32.7 Å². The van der Waals surface area contributed by atoms with E-state index in [4.69, 9.17) is 0 Å². The second-order valence-electron chi connectivity index (χ2n) is 18.5. The maximum Gasteiger partial charge on any atom is 0.303 e. The average Bonchev–Trinajstić information content (AvgIpc) is 3.44. The van der Waals surface area contributed by atoms with E-state index in [0.717, 1.165) is 0 Å². The van der Waals surface area contributed by atoms with Crippen molar-refractivity contribution in [2.75, 3.05) is 32.7 Å². The van der Waals surface area contributed by atoms with Crippen LogP contribution in [0.5, 0.6) is 0 Å². The summed E-state index contributed by atoms with van der Waals surface area (Å²) in [5, 5.41) is 35.1. The van der Waals surface area contributed by atoms with E-state index in [1.165, 1.54) is 0 Å². The third kappa shape index (κ3) is 21.3. The molecule has 414 valence electrons. The second kappa shape index (κ2) is 31.8. The summed E-state index contributed by atoms with van der Waals surface area (Å²) < 4.78 is 0. The van der Waals surface area contributed by atoms with Crippen molar-refractivity contribution in [1.29, 1.82) is 0 Å². The van der Waals surface area contributed by atoms with Gasteiger partial charge in [-0.3, -0.25) is 52.7 Å². The van der Waals surface area contributed by atoms with E-state index < -0.39 is 140 Å². The molecule has 23 heteroatoms. The Morgan fingerprint density at radius 1 is 0.372 bits per heavy atom. The van der Waals surface area contributed by atoms with Crippen LogP contribution in [0, 0.1) is 0 Å². The van der Waals surface area contributed by atoms with Gasteiger partial charge in [0, 0.05) is 32.1 Å². The number of carbonyl (C=O) groups excluding carboxylic acids is 10. The minimum atomic E-state index is -1.58. The number of nitrogens with one attached hydrogen (secondary N) is 10. The first-order valence-corrected chi connectivity index (χ1v) is 25.6. The van der Waals surface area contributed by atoms with Crippen molar-refractivity contribution in [2.24, 2.45) is 0 Å². The van der Waals surface area contributed by atoms with Gasteiger partial charge in [-0.2, -0.15) is 0 Å². The van der Waals surface area contributed by atoms with E-state index in [-0.39, 0.29) is 32.1 Å². The molecule has 1 aliphatic rings. The Balaban J connectivity index is 1.45. The Morgan fingerprint density at radius 2 is 0.667 bits per heavy atom. The van der Waals surface area contributed by atoms with E-state index in [9.17, 15) is 57.8 Å². The first kappa shape index (κ1) is 59.9. The SMILES string of the molecule is [NH3+]CCCC[C@@H]1NC(=O)[C@H](Cc2ccccc2)NC(=O)CNC(=O)CNC(=O)[C@@H](Cc2ccccc2)NC(=O)[C@@H](CCC(=O)O)NC(=O)[C@@H](Cc2ccccc2)NC(=O)CNC(=O)CNC(=O)[C@H](Cc2ccccc2)NC1=O. The molecular formula is C55H68N11O12+. The lowest BCUT2D eigenvalue weighted by atomic mass is 10.0. The van der Waals surface area contributed by atoms with Gasteiger partial charge in [0.15, 0.2) is 0 Å². The van der Waals surface area contributed by atoms with Crippen molar-refractivity contribution < 1.29 is 63.6 Å². The third-order valence-corrected chi connectivity index (χ3v) is 12.3. The summed E-state index contributed by atoms with van der Waals surface area (Å²) >= 11 is 0. The quantitative estimate of drug-likeness (QED) is 0.0556. The number of aliphatic carboxylic acids is 1. The fourth-order valence-electron chi connectivity index (χ4n) is 8.21. The number of benzene rings is 4. The predicted octanol–water partition coefficient (Wildman–Crippen LogP) is -2.38. The lowest BCUT2D eigenvalue weighted by molar-refractivity contribution is -0.368. The zero-order chi connectivity index (χ0) is 56.2. The molecule has 1 saturated heterocycles. The summed E-state index contributed by atoms with van der Waals surface area (Å²) in [7, 11) is 0. The molecule has 0 bridgehead atoms. The van der Waals surface area contributed by atoms with Crippen LogP contribution in [-0.4, -0.2) is 139 Å². The summed E-state index contributed by atoms with van der Waals surface area (Å²) in [6, 6.07) is 26.2. The molecule has 1 aliphatic heterocycles. The van der Waals surface area contributed by atoms with Gasteiger partial charge in [0.25, 0.3) is 0 Å². The van der Waals surface area contributed by atoms with E-state index in [2.05, 4.69) is 58.9 Å². The number of carboxylic acids is 1. The number of rotatable bonds is 15. The fourth-order valence-corrected chi connectivity index (χ4v) is 8.21. The molecule has 1 heterocycles. The Labute approximate surface area is 450 Å². The number of amides is 10. The van der Waals surface area contributed by atoms with Crippen LogP contribution in [0.2, 0.25) is 0 Å². The normalized spacial score (nSPS) is 21.3. The topological polar surface area (TPSA) is 356 Å². The highest BCUT2D eigenvalue weighted by atomic mass is 16.4. The van der Waals surface area contributed by atoms with E-state index in [1.54, 1.807) is 121 Å². The minimum Gasteiger partial charge on any atom is -0.481 e. The Hall–Kier alpha value is -8.99. The molecule has 23 nitrogen and oxygen atoms in total. The number of hydrogen-bond donors (Lipinski definition) is 12. The van der Waals surface area contributed by atoms with Crippen LogP contribution in [0.15, 0.2) is 121 Å². The van der Waals surface area contributed by atoms with Crippen molar-refractivity contribution in [3.05, 3.63) is 144 Å². The summed E-state index contributed by atoms with van der Waals surface area (Å²) in [5.41, 5.74) is 6.31. The largest absolute Gasteiger partial charge is 0.481 e. The minimum absolute atomic E-state index is 0.0396. The molecule has 1 fully saturated rings. The number of carbonyl (C=O) groups is 11. The maximum atomic E-state index is 14.2. The summed E-state index contributed by atoms with van der Waals surface area (Å²) in [6.45, 7) is -2.16. The zero-order valence-corrected chi connectivity index (χ0v) is 43.1. The molecule has 78 heavy (non-hydrogen) atoms. The van der Waals surface area contributed by atoms with Gasteiger partial charge in [-0.25, -0.2) is 0 Å². The lowest BCUT2D eigenvalue weighted by Crippen LogP contribution is -2.59. The second-order valence-corrected chi connectivity index (χ2v) is 18.5. The van der Waals surface area contributed by atoms with Crippen molar-refractivity contribution >= 4 is 65.0 Å². The van der Waals surface area contributed by atoms with Crippen molar-refractivity contribution in [3.8, 4) is 0 Å². The molecular weight excluding hydrogens is 1010 g/mol. The van der Waals surface area contributed by atoms with Gasteiger partial charge in [-0.15, -0.1) is 0 Å². The number of hydrogen-bond acceptors (Lipinski definition) is 11. The average molecular weight is 1080 g/mol. The standard InChI is InChI=1S/C55H67N11O12/c56-26-14-13-23-39-52(75)65-41(27-35-15-5-1-6-16-35)50(73)59-31-45(67)58-34-48(70)62-44(30-38-21-11-4-12-22-38)55(78)64-40(24-25-49(71)72)53(76)66-42(28-36-17-7-2-8-18-36)51(74)60-32-46(68)57-33-47(69)61-43(54(77)63-39)29-37-19-9-3-10-20-37/h1-12,15-22,39-44H,13-14,23-34,56H2,(H,57,68)(H,58,67)(H,59,73)(H,60,74)(H,61,69)(H,62,70)(H,63,77)(H,64,78)(H,65,75)(H,66,76)(H,71,72)/p+1/t39-,40+,41-,42+,43-,44+/m0/s1. The molecule has 4 aromatic carbocycles. The molecule has 5 rings (SSSR count). The van der Waals surface area contributed by atoms with Crippen molar-refractivity contribution in [1.82, 2.24) is 53.2 Å². The molecule has 14 N–H and O–H groups in total. The van der Waals surface area contributed by atoms with Crippen molar-refractivity contribution in [2.45, 2.75) is 94.0 Å². The molecule has 6 atom stereocenters. The lowest BCUT2D eigenvalue weighted by Gasteiger charge is -2.26. The number of quaternary nitrogens is 1. The molecule has 0 saturated carbocycles. The molecule has 0 radical (unpaired) electrons. The Morgan fingerprint density at radius 3 is 1.00 bits per heavy atom. The molecule has 10 amide bonds. The van der Waals surface area contributed by atoms with Gasteiger partial charge < -0.3 is 64.0 Å². The summed E-state index contributed by atoms with van der Waals surface area (Å²) in [4.78, 5) is 149. The van der Waals surface area contributed by atoms with Crippen LogP contribution in [0.4, 0.5) is 0 Å². The third-order valence-electron chi connectivity index (χ3n) is 12.3. The molecule has 4 aromatic rings. The fraction of sp³-hybridized carbons (Fsp3) is 0.364. The van der Waals surface area contributed by atoms with Crippen LogP contribution in [0.1, 0.15) is 54.4 Å². The van der Waals surface area contributed by atoms with Crippen LogP contribution in [0.25, 0.3) is 0 Å². The van der Waals surface area contributed by atoms with Crippen LogP contribution in [0.3, 0.4) is 0 Å². The number of carboxylic acid groups (broad SMARTS) is 1. The Bertz CT molecular complexity index is 2600. The summed E-state index contributed by atoms with van der Waals surface area (Å²) in [5.74, 6) is -9.63. The highest BCUT2D eigenvalue weighted by Crippen LogP contribution is 2.11. The smallest absolute Gasteiger partial charge is 0.303 e. The monoisotopic (exact) mass is 1070 g/mol.